The molecule has 0 radical (unpaired) electrons. The van der Waals surface area contributed by atoms with Gasteiger partial charge in [-0.15, -0.1) is 0 Å². The van der Waals surface area contributed by atoms with Gasteiger partial charge < -0.3 is 4.57 Å². The quantitative estimate of drug-likeness (QED) is 0.617. The van der Waals surface area contributed by atoms with Gasteiger partial charge in [-0.3, -0.25) is 0 Å². The predicted octanol–water partition coefficient (Wildman–Crippen LogP) is 5.14. The van der Waals surface area contributed by atoms with Crippen molar-refractivity contribution >= 4 is 34.1 Å². The van der Waals surface area contributed by atoms with Gasteiger partial charge in [0.25, 0.3) is 0 Å². The summed E-state index contributed by atoms with van der Waals surface area (Å²) in [6.07, 6.45) is 1.91. The molecule has 0 saturated carbocycles. The van der Waals surface area contributed by atoms with Gasteiger partial charge in [0, 0.05) is 32.7 Å². The minimum absolute atomic E-state index is 0.289. The Labute approximate surface area is 120 Å². The van der Waals surface area contributed by atoms with Crippen LogP contribution in [0, 0.1) is 5.82 Å². The third-order valence-electron chi connectivity index (χ3n) is 3.12. The molecule has 0 spiro atoms. The SMILES string of the molecule is Fc1cccc(Cl)c1Cn1ccc2cc(Cl)ccc21. The molecule has 0 bridgehead atoms. The number of aromatic nitrogens is 1. The Morgan fingerprint density at radius 3 is 2.68 bits per heavy atom. The molecular weight excluding hydrogens is 284 g/mol. The van der Waals surface area contributed by atoms with Gasteiger partial charge in [-0.25, -0.2) is 4.39 Å². The van der Waals surface area contributed by atoms with Crippen LogP contribution in [0.2, 0.25) is 10.0 Å². The number of hydrogen-bond donors (Lipinski definition) is 0. The lowest BCUT2D eigenvalue weighted by Gasteiger charge is -2.08. The highest BCUT2D eigenvalue weighted by molar-refractivity contribution is 6.31. The van der Waals surface area contributed by atoms with E-state index in [9.17, 15) is 4.39 Å². The molecule has 0 amide bonds. The van der Waals surface area contributed by atoms with Crippen molar-refractivity contribution in [1.29, 1.82) is 0 Å². The number of nitrogens with zero attached hydrogens (tertiary/aromatic N) is 1. The van der Waals surface area contributed by atoms with E-state index in [1.165, 1.54) is 6.07 Å². The Bertz CT molecular complexity index is 729. The molecule has 1 aromatic heterocycles. The molecule has 0 saturated heterocycles. The lowest BCUT2D eigenvalue weighted by Crippen LogP contribution is -2.01. The highest BCUT2D eigenvalue weighted by Crippen LogP contribution is 2.24. The molecule has 0 fully saturated rings. The molecule has 1 nitrogen and oxygen atoms in total. The number of hydrogen-bond acceptors (Lipinski definition) is 0. The molecule has 2 aromatic carbocycles. The summed E-state index contributed by atoms with van der Waals surface area (Å²) in [6, 6.07) is 12.3. The van der Waals surface area contributed by atoms with Crippen LogP contribution in [0.25, 0.3) is 10.9 Å². The van der Waals surface area contributed by atoms with Gasteiger partial charge in [0.05, 0.1) is 6.54 Å². The van der Waals surface area contributed by atoms with Crippen molar-refractivity contribution in [3.05, 3.63) is 70.1 Å². The fraction of sp³-hybridized carbons (Fsp3) is 0.0667. The van der Waals surface area contributed by atoms with Crippen molar-refractivity contribution in [3.63, 3.8) is 0 Å². The molecule has 0 N–H and O–H groups in total. The Morgan fingerprint density at radius 1 is 1.05 bits per heavy atom. The fourth-order valence-electron chi connectivity index (χ4n) is 2.16. The minimum atomic E-state index is -0.289. The molecule has 3 aromatic rings. The summed E-state index contributed by atoms with van der Waals surface area (Å²) in [5, 5.41) is 2.16. The first-order chi connectivity index (χ1) is 9.15. The van der Waals surface area contributed by atoms with Crippen LogP contribution in [0.4, 0.5) is 4.39 Å². The van der Waals surface area contributed by atoms with E-state index in [-0.39, 0.29) is 5.82 Å². The first-order valence-corrected chi connectivity index (χ1v) is 6.58. The summed E-state index contributed by atoms with van der Waals surface area (Å²) in [5.41, 5.74) is 1.50. The van der Waals surface area contributed by atoms with E-state index in [1.54, 1.807) is 12.1 Å². The standard InChI is InChI=1S/C15H10Cl2FN/c16-11-4-5-15-10(8-11)6-7-19(15)9-12-13(17)2-1-3-14(12)18/h1-8H,9H2. The highest BCUT2D eigenvalue weighted by atomic mass is 35.5. The third kappa shape index (κ3) is 2.34. The average molecular weight is 294 g/mol. The van der Waals surface area contributed by atoms with Crippen molar-refractivity contribution in [3.8, 4) is 0 Å². The molecule has 0 aliphatic heterocycles. The lowest BCUT2D eigenvalue weighted by molar-refractivity contribution is 0.602. The number of halogens is 3. The topological polar surface area (TPSA) is 4.93 Å². The van der Waals surface area contributed by atoms with E-state index in [1.807, 2.05) is 35.0 Å². The van der Waals surface area contributed by atoms with Gasteiger partial charge in [-0.1, -0.05) is 29.3 Å². The van der Waals surface area contributed by atoms with Gasteiger partial charge in [0.1, 0.15) is 5.82 Å². The summed E-state index contributed by atoms with van der Waals surface area (Å²) >= 11 is 12.0. The maximum Gasteiger partial charge on any atom is 0.129 e. The van der Waals surface area contributed by atoms with E-state index in [4.69, 9.17) is 23.2 Å². The van der Waals surface area contributed by atoms with E-state index >= 15 is 0 Å². The molecule has 0 unspecified atom stereocenters. The molecule has 1 heterocycles. The minimum Gasteiger partial charge on any atom is -0.343 e. The summed E-state index contributed by atoms with van der Waals surface area (Å²) in [4.78, 5) is 0. The maximum absolute atomic E-state index is 13.8. The molecule has 0 aliphatic carbocycles. The van der Waals surface area contributed by atoms with Gasteiger partial charge in [0.2, 0.25) is 0 Å². The monoisotopic (exact) mass is 293 g/mol. The van der Waals surface area contributed by atoms with Crippen LogP contribution in [0.1, 0.15) is 5.56 Å². The van der Waals surface area contributed by atoms with Gasteiger partial charge >= 0.3 is 0 Å². The average Bonchev–Trinajstić information content (AvgIpc) is 2.76. The second-order valence-corrected chi connectivity index (χ2v) is 5.19. The summed E-state index contributed by atoms with van der Waals surface area (Å²) in [6.45, 7) is 0.399. The normalized spacial score (nSPS) is 11.1. The van der Waals surface area contributed by atoms with E-state index < -0.39 is 0 Å². The van der Waals surface area contributed by atoms with Gasteiger partial charge in [-0.05, 0) is 36.4 Å². The van der Waals surface area contributed by atoms with Crippen LogP contribution in [-0.2, 0) is 6.54 Å². The van der Waals surface area contributed by atoms with Crippen LogP contribution in [0.5, 0.6) is 0 Å². The van der Waals surface area contributed by atoms with Crippen molar-refractivity contribution in [2.24, 2.45) is 0 Å². The Morgan fingerprint density at radius 2 is 1.89 bits per heavy atom. The highest BCUT2D eigenvalue weighted by Gasteiger charge is 2.09. The van der Waals surface area contributed by atoms with Crippen molar-refractivity contribution < 1.29 is 4.39 Å². The Balaban J connectivity index is 2.06. The van der Waals surface area contributed by atoms with E-state index in [0.29, 0.717) is 22.2 Å². The number of fused-ring (bicyclic) bond motifs is 1. The molecule has 19 heavy (non-hydrogen) atoms. The maximum atomic E-state index is 13.8. The van der Waals surface area contributed by atoms with Crippen LogP contribution >= 0.6 is 23.2 Å². The molecular formula is C15H10Cl2FN. The van der Waals surface area contributed by atoms with Crippen molar-refractivity contribution in [2.75, 3.05) is 0 Å². The van der Waals surface area contributed by atoms with Crippen molar-refractivity contribution in [1.82, 2.24) is 4.57 Å². The van der Waals surface area contributed by atoms with Gasteiger partial charge in [-0.2, -0.15) is 0 Å². The first-order valence-electron chi connectivity index (χ1n) is 5.82. The third-order valence-corrected chi connectivity index (χ3v) is 3.71. The summed E-state index contributed by atoms with van der Waals surface area (Å²) in [7, 11) is 0. The molecule has 0 atom stereocenters. The Kier molecular flexibility index (Phi) is 3.21. The van der Waals surface area contributed by atoms with Crippen LogP contribution < -0.4 is 0 Å². The molecule has 96 valence electrons. The number of benzene rings is 2. The van der Waals surface area contributed by atoms with Crippen molar-refractivity contribution in [2.45, 2.75) is 6.54 Å². The zero-order valence-corrected chi connectivity index (χ0v) is 11.4. The fourth-order valence-corrected chi connectivity index (χ4v) is 2.57. The second-order valence-electron chi connectivity index (χ2n) is 4.35. The van der Waals surface area contributed by atoms with Crippen LogP contribution in [0.3, 0.4) is 0 Å². The number of rotatable bonds is 2. The van der Waals surface area contributed by atoms with Crippen LogP contribution in [-0.4, -0.2) is 4.57 Å². The zero-order chi connectivity index (χ0) is 13.4. The molecule has 4 heteroatoms. The zero-order valence-electron chi connectivity index (χ0n) is 9.91. The summed E-state index contributed by atoms with van der Waals surface area (Å²) in [5.74, 6) is -0.289. The van der Waals surface area contributed by atoms with E-state index in [2.05, 4.69) is 0 Å². The van der Waals surface area contributed by atoms with Gasteiger partial charge in [0.15, 0.2) is 0 Å². The second kappa shape index (κ2) is 4.87. The lowest BCUT2D eigenvalue weighted by atomic mass is 10.2. The van der Waals surface area contributed by atoms with Crippen LogP contribution in [0.15, 0.2) is 48.7 Å². The van der Waals surface area contributed by atoms with E-state index in [0.717, 1.165) is 10.9 Å². The Hall–Kier alpha value is -1.51. The first kappa shape index (κ1) is 12.5. The smallest absolute Gasteiger partial charge is 0.129 e. The molecule has 0 aliphatic rings. The summed E-state index contributed by atoms with van der Waals surface area (Å²) < 4.78 is 15.7. The predicted molar refractivity (Wildman–Crippen MR) is 77.5 cm³/mol. The largest absolute Gasteiger partial charge is 0.343 e. The molecule has 3 rings (SSSR count).